The first-order chi connectivity index (χ1) is 8.84. The number of hydrogen-bond acceptors (Lipinski definition) is 4. The van der Waals surface area contributed by atoms with Crippen molar-refractivity contribution in [2.24, 2.45) is 0 Å². The molecule has 19 heavy (non-hydrogen) atoms. The van der Waals surface area contributed by atoms with Crippen molar-refractivity contribution < 1.29 is 14.6 Å². The Kier molecular flexibility index (Phi) is 5.77. The maximum absolute atomic E-state index is 12.4. The summed E-state index contributed by atoms with van der Waals surface area (Å²) in [7, 11) is 0. The number of carbonyl (C=O) groups excluding carboxylic acids is 1. The van der Waals surface area contributed by atoms with Gasteiger partial charge in [0.1, 0.15) is 0 Å². The van der Waals surface area contributed by atoms with Gasteiger partial charge in [-0.25, -0.2) is 0 Å². The van der Waals surface area contributed by atoms with E-state index in [0.29, 0.717) is 13.1 Å². The van der Waals surface area contributed by atoms with E-state index in [1.54, 1.807) is 0 Å². The Balaban J connectivity index is 2.74. The van der Waals surface area contributed by atoms with Gasteiger partial charge in [-0.15, -0.1) is 0 Å². The van der Waals surface area contributed by atoms with Crippen molar-refractivity contribution in [3.63, 3.8) is 0 Å². The number of nitrogens with zero attached hydrogens (tertiary/aromatic N) is 2. The van der Waals surface area contributed by atoms with Crippen molar-refractivity contribution in [2.45, 2.75) is 52.4 Å². The summed E-state index contributed by atoms with van der Waals surface area (Å²) < 4.78 is 5.78. The first-order valence-corrected chi connectivity index (χ1v) is 7.16. The predicted molar refractivity (Wildman–Crippen MR) is 75.0 cm³/mol. The highest BCUT2D eigenvalue weighted by Crippen LogP contribution is 2.23. The normalized spacial score (nSPS) is 25.1. The van der Waals surface area contributed by atoms with Gasteiger partial charge < -0.3 is 14.7 Å². The standard InChI is InChI=1S/C14H28N2O3/c1-6-15(7-2)13(18)11(3)16-8-12(9-17)19-14(4,5)10-16/h11-12,17H,6-10H2,1-5H3. The minimum absolute atomic E-state index is 0.00783. The first-order valence-electron chi connectivity index (χ1n) is 7.16. The van der Waals surface area contributed by atoms with Crippen molar-refractivity contribution in [1.82, 2.24) is 9.80 Å². The molecule has 0 aromatic heterocycles. The largest absolute Gasteiger partial charge is 0.394 e. The Morgan fingerprint density at radius 2 is 2.05 bits per heavy atom. The summed E-state index contributed by atoms with van der Waals surface area (Å²) in [6.07, 6.45) is -0.212. The number of amides is 1. The topological polar surface area (TPSA) is 53.0 Å². The highest BCUT2D eigenvalue weighted by atomic mass is 16.5. The van der Waals surface area contributed by atoms with Crippen LogP contribution in [0.3, 0.4) is 0 Å². The van der Waals surface area contributed by atoms with Gasteiger partial charge in [-0.3, -0.25) is 9.69 Å². The molecule has 0 saturated carbocycles. The molecule has 1 saturated heterocycles. The van der Waals surface area contributed by atoms with Crippen molar-refractivity contribution >= 4 is 5.91 Å². The molecule has 0 aromatic rings. The fourth-order valence-corrected chi connectivity index (χ4v) is 2.69. The summed E-state index contributed by atoms with van der Waals surface area (Å²) in [4.78, 5) is 16.4. The van der Waals surface area contributed by atoms with E-state index in [9.17, 15) is 9.90 Å². The van der Waals surface area contributed by atoms with E-state index in [4.69, 9.17) is 4.74 Å². The van der Waals surface area contributed by atoms with Crippen LogP contribution < -0.4 is 0 Å². The van der Waals surface area contributed by atoms with Gasteiger partial charge in [0.25, 0.3) is 0 Å². The molecule has 0 bridgehead atoms. The second kappa shape index (κ2) is 6.68. The molecule has 1 N–H and O–H groups in total. The van der Waals surface area contributed by atoms with Gasteiger partial charge in [0.15, 0.2) is 0 Å². The first kappa shape index (κ1) is 16.4. The molecule has 1 aliphatic rings. The second-order valence-corrected chi connectivity index (χ2v) is 5.80. The van der Waals surface area contributed by atoms with Crippen LogP contribution in [0.25, 0.3) is 0 Å². The minimum atomic E-state index is -0.330. The zero-order chi connectivity index (χ0) is 14.6. The number of morpholine rings is 1. The van der Waals surface area contributed by atoms with Gasteiger partial charge in [0, 0.05) is 26.2 Å². The summed E-state index contributed by atoms with van der Waals surface area (Å²) in [5.41, 5.74) is -0.330. The average molecular weight is 272 g/mol. The average Bonchev–Trinajstić information content (AvgIpc) is 2.37. The smallest absolute Gasteiger partial charge is 0.239 e. The van der Waals surface area contributed by atoms with E-state index in [1.807, 2.05) is 39.5 Å². The summed E-state index contributed by atoms with van der Waals surface area (Å²) in [5, 5.41) is 9.32. The molecule has 1 aliphatic heterocycles. The molecule has 1 rings (SSSR count). The fraction of sp³-hybridized carbons (Fsp3) is 0.929. The van der Waals surface area contributed by atoms with Crippen molar-refractivity contribution in [3.05, 3.63) is 0 Å². The van der Waals surface area contributed by atoms with Crippen LogP contribution in [-0.2, 0) is 9.53 Å². The third kappa shape index (κ3) is 4.16. The lowest BCUT2D eigenvalue weighted by Crippen LogP contribution is -2.59. The highest BCUT2D eigenvalue weighted by Gasteiger charge is 2.37. The van der Waals surface area contributed by atoms with Crippen LogP contribution in [0.1, 0.15) is 34.6 Å². The second-order valence-electron chi connectivity index (χ2n) is 5.80. The number of ether oxygens (including phenoxy) is 1. The molecule has 2 atom stereocenters. The third-order valence-electron chi connectivity index (χ3n) is 3.69. The molecule has 0 spiro atoms. The number of likely N-dealkylation sites (N-methyl/N-ethyl adjacent to an activating group) is 1. The molecule has 0 aromatic carbocycles. The van der Waals surface area contributed by atoms with E-state index in [0.717, 1.165) is 13.1 Å². The maximum Gasteiger partial charge on any atom is 0.239 e. The highest BCUT2D eigenvalue weighted by molar-refractivity contribution is 5.81. The molecule has 1 amide bonds. The van der Waals surface area contributed by atoms with Gasteiger partial charge in [0.05, 0.1) is 24.4 Å². The molecule has 2 unspecified atom stereocenters. The Bertz CT molecular complexity index is 303. The zero-order valence-electron chi connectivity index (χ0n) is 12.8. The number of carbonyl (C=O) groups is 1. The van der Waals surface area contributed by atoms with Gasteiger partial charge in [-0.1, -0.05) is 0 Å². The van der Waals surface area contributed by atoms with Gasteiger partial charge in [-0.05, 0) is 34.6 Å². The van der Waals surface area contributed by atoms with Gasteiger partial charge in [-0.2, -0.15) is 0 Å². The minimum Gasteiger partial charge on any atom is -0.394 e. The lowest BCUT2D eigenvalue weighted by molar-refractivity contribution is -0.164. The molecule has 112 valence electrons. The van der Waals surface area contributed by atoms with E-state index in [1.165, 1.54) is 0 Å². The molecule has 5 nitrogen and oxygen atoms in total. The van der Waals surface area contributed by atoms with Crippen LogP contribution in [0.2, 0.25) is 0 Å². The quantitative estimate of drug-likeness (QED) is 0.801. The molecule has 0 aliphatic carbocycles. The Morgan fingerprint density at radius 1 is 1.47 bits per heavy atom. The molecular weight excluding hydrogens is 244 g/mol. The summed E-state index contributed by atoms with van der Waals surface area (Å²) >= 11 is 0. The van der Waals surface area contributed by atoms with Crippen molar-refractivity contribution in [2.75, 3.05) is 32.8 Å². The Labute approximate surface area is 116 Å². The summed E-state index contributed by atoms with van der Waals surface area (Å²) in [6, 6.07) is -0.169. The fourth-order valence-electron chi connectivity index (χ4n) is 2.69. The van der Waals surface area contributed by atoms with E-state index in [2.05, 4.69) is 4.90 Å². The lowest BCUT2D eigenvalue weighted by atomic mass is 10.0. The van der Waals surface area contributed by atoms with E-state index in [-0.39, 0.29) is 30.3 Å². The molecule has 1 fully saturated rings. The molecule has 5 heteroatoms. The van der Waals surface area contributed by atoms with Crippen LogP contribution in [-0.4, -0.2) is 71.3 Å². The van der Waals surface area contributed by atoms with Crippen LogP contribution in [0.4, 0.5) is 0 Å². The monoisotopic (exact) mass is 272 g/mol. The SMILES string of the molecule is CCN(CC)C(=O)C(C)N1CC(CO)OC(C)(C)C1. The number of aliphatic hydroxyl groups excluding tert-OH is 1. The maximum atomic E-state index is 12.4. The van der Waals surface area contributed by atoms with Crippen molar-refractivity contribution in [1.29, 1.82) is 0 Å². The van der Waals surface area contributed by atoms with Crippen LogP contribution in [0, 0.1) is 0 Å². The Hall–Kier alpha value is -0.650. The molecule has 1 heterocycles. The predicted octanol–water partition coefficient (Wildman–Crippen LogP) is 0.715. The Morgan fingerprint density at radius 3 is 2.53 bits per heavy atom. The summed E-state index contributed by atoms with van der Waals surface area (Å²) in [5.74, 6) is 0.152. The summed E-state index contributed by atoms with van der Waals surface area (Å²) in [6.45, 7) is 12.7. The van der Waals surface area contributed by atoms with Gasteiger partial charge >= 0.3 is 0 Å². The number of aliphatic hydroxyl groups is 1. The van der Waals surface area contributed by atoms with Gasteiger partial charge in [0.2, 0.25) is 5.91 Å². The third-order valence-corrected chi connectivity index (χ3v) is 3.69. The van der Waals surface area contributed by atoms with Crippen LogP contribution in [0.15, 0.2) is 0 Å². The zero-order valence-corrected chi connectivity index (χ0v) is 12.8. The lowest BCUT2D eigenvalue weighted by Gasteiger charge is -2.45. The molecule has 0 radical (unpaired) electrons. The van der Waals surface area contributed by atoms with Crippen LogP contribution in [0.5, 0.6) is 0 Å². The number of rotatable bonds is 5. The van der Waals surface area contributed by atoms with E-state index >= 15 is 0 Å². The number of hydrogen-bond donors (Lipinski definition) is 1. The van der Waals surface area contributed by atoms with Crippen LogP contribution >= 0.6 is 0 Å². The van der Waals surface area contributed by atoms with E-state index < -0.39 is 0 Å². The molecular formula is C14H28N2O3. The van der Waals surface area contributed by atoms with Crippen molar-refractivity contribution in [3.8, 4) is 0 Å².